The summed E-state index contributed by atoms with van der Waals surface area (Å²) in [5, 5.41) is 11.5. The Labute approximate surface area is 150 Å². The Morgan fingerprint density at radius 2 is 2.24 bits per heavy atom. The topological polar surface area (TPSA) is 49.8 Å². The van der Waals surface area contributed by atoms with Crippen LogP contribution in [0, 0.1) is 18.7 Å². The molecule has 2 heterocycles. The first-order valence-corrected chi connectivity index (χ1v) is 9.23. The molecule has 25 heavy (non-hydrogen) atoms. The van der Waals surface area contributed by atoms with Crippen molar-refractivity contribution in [1.29, 1.82) is 0 Å². The summed E-state index contributed by atoms with van der Waals surface area (Å²) in [5.41, 5.74) is 1.98. The molecule has 134 valence electrons. The minimum Gasteiger partial charge on any atom is -0.494 e. The number of halogens is 1. The lowest BCUT2D eigenvalue weighted by molar-refractivity contribution is -0.143. The molecule has 4 nitrogen and oxygen atoms in total. The van der Waals surface area contributed by atoms with E-state index in [1.165, 1.54) is 13.2 Å². The zero-order chi connectivity index (χ0) is 18.0. The van der Waals surface area contributed by atoms with Crippen molar-refractivity contribution in [2.24, 2.45) is 5.92 Å². The molecule has 0 aliphatic carbocycles. The second-order valence-corrected chi connectivity index (χ2v) is 7.44. The van der Waals surface area contributed by atoms with E-state index in [-0.39, 0.29) is 17.7 Å². The summed E-state index contributed by atoms with van der Waals surface area (Å²) in [6, 6.07) is 6.97. The van der Waals surface area contributed by atoms with Crippen LogP contribution in [0.4, 0.5) is 4.39 Å². The fourth-order valence-corrected chi connectivity index (χ4v) is 4.51. The van der Waals surface area contributed by atoms with Crippen molar-refractivity contribution in [1.82, 2.24) is 4.90 Å². The van der Waals surface area contributed by atoms with Crippen LogP contribution < -0.4 is 4.74 Å². The number of carbonyl (C=O) groups is 1. The molecule has 2 aromatic rings. The number of aryl methyl sites for hydroxylation is 1. The third-order valence-electron chi connectivity index (χ3n) is 4.68. The Bertz CT molecular complexity index is 761. The SMILES string of the molecule is COc1ccc(C(c2cc(C)cs2)N2CCCC(C(=O)O)C2)cc1F. The van der Waals surface area contributed by atoms with Crippen LogP contribution in [0.25, 0.3) is 0 Å². The number of aliphatic carboxylic acids is 1. The first-order chi connectivity index (χ1) is 12.0. The monoisotopic (exact) mass is 363 g/mol. The maximum atomic E-state index is 14.3. The van der Waals surface area contributed by atoms with Crippen molar-refractivity contribution >= 4 is 17.3 Å². The Hall–Kier alpha value is -1.92. The van der Waals surface area contributed by atoms with E-state index >= 15 is 0 Å². The lowest BCUT2D eigenvalue weighted by Gasteiger charge is -2.37. The van der Waals surface area contributed by atoms with Gasteiger partial charge in [-0.05, 0) is 61.0 Å². The van der Waals surface area contributed by atoms with Gasteiger partial charge in [0.05, 0.1) is 19.1 Å². The molecule has 3 rings (SSSR count). The van der Waals surface area contributed by atoms with Crippen molar-refractivity contribution in [2.75, 3.05) is 20.2 Å². The molecule has 0 saturated carbocycles. The molecule has 0 spiro atoms. The average Bonchev–Trinajstić information content (AvgIpc) is 3.01. The lowest BCUT2D eigenvalue weighted by Crippen LogP contribution is -2.41. The number of ether oxygens (including phenoxy) is 1. The average molecular weight is 363 g/mol. The van der Waals surface area contributed by atoms with Crippen molar-refractivity contribution in [3.63, 3.8) is 0 Å². The lowest BCUT2D eigenvalue weighted by atomic mass is 9.94. The Kier molecular flexibility index (Phi) is 5.39. The summed E-state index contributed by atoms with van der Waals surface area (Å²) in [5.74, 6) is -1.32. The zero-order valence-corrected chi connectivity index (χ0v) is 15.2. The zero-order valence-electron chi connectivity index (χ0n) is 14.4. The molecule has 1 aromatic heterocycles. The fraction of sp³-hybridized carbons (Fsp3) is 0.421. The number of hydrogen-bond acceptors (Lipinski definition) is 4. The van der Waals surface area contributed by atoms with Gasteiger partial charge in [-0.1, -0.05) is 6.07 Å². The largest absolute Gasteiger partial charge is 0.494 e. The number of nitrogens with zero attached hydrogens (tertiary/aromatic N) is 1. The standard InChI is InChI=1S/C19H22FNO3S/c1-12-8-17(25-11-12)18(13-5-6-16(24-2)15(20)9-13)21-7-3-4-14(10-21)19(22)23/h5-6,8-9,11,14,18H,3-4,7,10H2,1-2H3,(H,22,23). The van der Waals surface area contributed by atoms with Gasteiger partial charge in [-0.3, -0.25) is 9.69 Å². The summed E-state index contributed by atoms with van der Waals surface area (Å²) in [7, 11) is 1.44. The van der Waals surface area contributed by atoms with Gasteiger partial charge in [0.15, 0.2) is 11.6 Å². The predicted octanol–water partition coefficient (Wildman–Crippen LogP) is 4.09. The first-order valence-electron chi connectivity index (χ1n) is 8.35. The Balaban J connectivity index is 1.98. The number of benzene rings is 1. The maximum Gasteiger partial charge on any atom is 0.307 e. The van der Waals surface area contributed by atoms with Crippen LogP contribution in [0.1, 0.15) is 34.9 Å². The van der Waals surface area contributed by atoms with Crippen LogP contribution in [0.2, 0.25) is 0 Å². The number of carboxylic acids is 1. The van der Waals surface area contributed by atoms with Crippen LogP contribution in [0.15, 0.2) is 29.6 Å². The first kappa shape index (κ1) is 17.9. The van der Waals surface area contributed by atoms with Crippen LogP contribution in [-0.4, -0.2) is 36.2 Å². The van der Waals surface area contributed by atoms with Crippen LogP contribution in [0.3, 0.4) is 0 Å². The molecule has 0 radical (unpaired) electrons. The number of methoxy groups -OCH3 is 1. The Morgan fingerprint density at radius 3 is 2.84 bits per heavy atom. The van der Waals surface area contributed by atoms with E-state index in [0.29, 0.717) is 13.0 Å². The van der Waals surface area contributed by atoms with Crippen LogP contribution in [-0.2, 0) is 4.79 Å². The quantitative estimate of drug-likeness (QED) is 0.869. The highest BCUT2D eigenvalue weighted by molar-refractivity contribution is 7.10. The van der Waals surface area contributed by atoms with E-state index in [1.807, 2.05) is 13.0 Å². The summed E-state index contributed by atoms with van der Waals surface area (Å²) in [6.45, 7) is 3.31. The summed E-state index contributed by atoms with van der Waals surface area (Å²) in [6.07, 6.45) is 1.52. The highest BCUT2D eigenvalue weighted by Gasteiger charge is 2.32. The second-order valence-electron chi connectivity index (χ2n) is 6.50. The molecule has 1 aliphatic heterocycles. The molecule has 2 unspecified atom stereocenters. The van der Waals surface area contributed by atoms with Crippen LogP contribution >= 0.6 is 11.3 Å². The van der Waals surface area contributed by atoms with E-state index in [9.17, 15) is 14.3 Å². The van der Waals surface area contributed by atoms with Crippen molar-refractivity contribution in [2.45, 2.75) is 25.8 Å². The summed E-state index contributed by atoms with van der Waals surface area (Å²) < 4.78 is 19.3. The minimum absolute atomic E-state index is 0.138. The van der Waals surface area contributed by atoms with Gasteiger partial charge in [-0.15, -0.1) is 11.3 Å². The summed E-state index contributed by atoms with van der Waals surface area (Å²) in [4.78, 5) is 14.7. The molecule has 1 aromatic carbocycles. The third-order valence-corrected chi connectivity index (χ3v) is 5.78. The molecule has 0 bridgehead atoms. The van der Waals surface area contributed by atoms with Gasteiger partial charge in [0, 0.05) is 11.4 Å². The van der Waals surface area contributed by atoms with E-state index in [2.05, 4.69) is 16.3 Å². The van der Waals surface area contributed by atoms with E-state index < -0.39 is 11.8 Å². The summed E-state index contributed by atoms with van der Waals surface area (Å²) >= 11 is 1.63. The molecule has 0 amide bonds. The van der Waals surface area contributed by atoms with Crippen molar-refractivity contribution in [3.05, 3.63) is 51.5 Å². The molecule has 1 fully saturated rings. The highest BCUT2D eigenvalue weighted by atomic mass is 32.1. The second kappa shape index (κ2) is 7.54. The third kappa shape index (κ3) is 3.85. The highest BCUT2D eigenvalue weighted by Crippen LogP contribution is 2.37. The number of likely N-dealkylation sites (tertiary alicyclic amines) is 1. The Morgan fingerprint density at radius 1 is 1.44 bits per heavy atom. The van der Waals surface area contributed by atoms with Gasteiger partial charge >= 0.3 is 5.97 Å². The maximum absolute atomic E-state index is 14.3. The number of piperidine rings is 1. The normalized spacial score (nSPS) is 19.6. The van der Waals surface area contributed by atoms with Gasteiger partial charge in [-0.25, -0.2) is 4.39 Å². The molecule has 2 atom stereocenters. The fourth-order valence-electron chi connectivity index (χ4n) is 3.45. The van der Waals surface area contributed by atoms with Gasteiger partial charge in [-0.2, -0.15) is 0 Å². The van der Waals surface area contributed by atoms with E-state index in [1.54, 1.807) is 17.4 Å². The molecule has 1 N–H and O–H groups in total. The number of thiophene rings is 1. The van der Waals surface area contributed by atoms with Crippen molar-refractivity contribution in [3.8, 4) is 5.75 Å². The molecular weight excluding hydrogens is 341 g/mol. The van der Waals surface area contributed by atoms with Gasteiger partial charge in [0.1, 0.15) is 0 Å². The molecule has 1 saturated heterocycles. The molecule has 6 heteroatoms. The predicted molar refractivity (Wildman–Crippen MR) is 95.8 cm³/mol. The van der Waals surface area contributed by atoms with E-state index in [4.69, 9.17) is 4.74 Å². The minimum atomic E-state index is -0.758. The van der Waals surface area contributed by atoms with E-state index in [0.717, 1.165) is 29.0 Å². The van der Waals surface area contributed by atoms with Crippen molar-refractivity contribution < 1.29 is 19.0 Å². The molecule has 1 aliphatic rings. The number of hydrogen-bond donors (Lipinski definition) is 1. The molecular formula is C19H22FNO3S. The van der Waals surface area contributed by atoms with Gasteiger partial charge < -0.3 is 9.84 Å². The number of rotatable bonds is 5. The smallest absolute Gasteiger partial charge is 0.307 e. The van der Waals surface area contributed by atoms with Crippen LogP contribution in [0.5, 0.6) is 5.75 Å². The van der Waals surface area contributed by atoms with Gasteiger partial charge in [0.2, 0.25) is 0 Å². The number of carboxylic acid groups (broad SMARTS) is 1. The van der Waals surface area contributed by atoms with Gasteiger partial charge in [0.25, 0.3) is 0 Å².